The number of carbonyl (C=O) groups is 2. The number of hydrogen-bond donors (Lipinski definition) is 0. The second-order valence-corrected chi connectivity index (χ2v) is 9.71. The van der Waals surface area contributed by atoms with Crippen molar-refractivity contribution in [1.29, 1.82) is 0 Å². The Morgan fingerprint density at radius 3 is 2.59 bits per heavy atom. The lowest BCUT2D eigenvalue weighted by Gasteiger charge is -2.29. The molecule has 200 valence electrons. The van der Waals surface area contributed by atoms with Gasteiger partial charge in [0, 0.05) is 19.5 Å². The minimum absolute atomic E-state index is 0.0519. The van der Waals surface area contributed by atoms with E-state index < -0.39 is 42.0 Å². The van der Waals surface area contributed by atoms with Crippen LogP contribution in [0.25, 0.3) is 11.4 Å². The molecule has 13 heteroatoms. The number of amides is 1. The average molecular weight is 524 g/mol. The molecule has 2 aliphatic carbocycles. The first-order valence-electron chi connectivity index (χ1n) is 12.5. The lowest BCUT2D eigenvalue weighted by Crippen LogP contribution is -2.34. The molecule has 0 radical (unpaired) electrons. The molecule has 10 nitrogen and oxygen atoms in total. The zero-order chi connectivity index (χ0) is 26.2. The molecule has 1 amide bonds. The van der Waals surface area contributed by atoms with Gasteiger partial charge in [0.05, 0.1) is 12.2 Å². The summed E-state index contributed by atoms with van der Waals surface area (Å²) in [6, 6.07) is 2.72. The Bertz CT molecular complexity index is 1150. The van der Waals surface area contributed by atoms with E-state index >= 15 is 0 Å². The summed E-state index contributed by atoms with van der Waals surface area (Å²) < 4.78 is 59.8. The number of halogens is 3. The Labute approximate surface area is 211 Å². The molecular formula is C24H28F3N5O5. The van der Waals surface area contributed by atoms with Gasteiger partial charge in [-0.15, -0.1) is 5.10 Å². The number of hydrogen-bond acceptors (Lipinski definition) is 8. The first-order chi connectivity index (χ1) is 17.7. The summed E-state index contributed by atoms with van der Waals surface area (Å²) in [5.41, 5.74) is -0.744. The van der Waals surface area contributed by atoms with Gasteiger partial charge in [0.15, 0.2) is 17.5 Å². The quantitative estimate of drug-likeness (QED) is 0.497. The van der Waals surface area contributed by atoms with Crippen LogP contribution in [0.15, 0.2) is 12.1 Å². The number of alkyl halides is 3. The summed E-state index contributed by atoms with van der Waals surface area (Å²) in [6.07, 6.45) is -0.862. The van der Waals surface area contributed by atoms with E-state index in [2.05, 4.69) is 15.3 Å². The Balaban J connectivity index is 1.41. The Kier molecular flexibility index (Phi) is 6.95. The summed E-state index contributed by atoms with van der Waals surface area (Å²) in [5, 5.41) is 8.04. The first-order valence-corrected chi connectivity index (χ1v) is 12.5. The molecule has 2 aromatic rings. The molecule has 3 heterocycles. The van der Waals surface area contributed by atoms with Gasteiger partial charge < -0.3 is 19.1 Å². The molecule has 1 unspecified atom stereocenters. The highest BCUT2D eigenvalue weighted by molar-refractivity contribution is 5.71. The molecule has 1 saturated heterocycles. The summed E-state index contributed by atoms with van der Waals surface area (Å²) in [6.45, 7) is 0.619. The average Bonchev–Trinajstić information content (AvgIpc) is 3.59. The summed E-state index contributed by atoms with van der Waals surface area (Å²) >= 11 is 0. The maximum absolute atomic E-state index is 14.0. The maximum Gasteiger partial charge on any atom is 0.437 e. The third-order valence-corrected chi connectivity index (χ3v) is 7.27. The van der Waals surface area contributed by atoms with E-state index in [1.807, 2.05) is 0 Å². The minimum Gasteiger partial charge on any atom is -0.488 e. The molecule has 2 saturated carbocycles. The van der Waals surface area contributed by atoms with Crippen LogP contribution in [0.3, 0.4) is 0 Å². The number of aryl methyl sites for hydroxylation is 1. The van der Waals surface area contributed by atoms with Gasteiger partial charge in [-0.05, 0) is 44.2 Å². The van der Waals surface area contributed by atoms with E-state index in [-0.39, 0.29) is 24.0 Å². The summed E-state index contributed by atoms with van der Waals surface area (Å²) in [7, 11) is 1.60. The number of pyridine rings is 1. The zero-order valence-corrected chi connectivity index (χ0v) is 20.3. The van der Waals surface area contributed by atoms with Crippen LogP contribution in [0.4, 0.5) is 18.0 Å². The maximum atomic E-state index is 14.0. The largest absolute Gasteiger partial charge is 0.488 e. The number of ether oxygens (including phenoxy) is 3. The lowest BCUT2D eigenvalue weighted by atomic mass is 9.95. The van der Waals surface area contributed by atoms with Crippen LogP contribution < -0.4 is 4.74 Å². The zero-order valence-electron chi connectivity index (χ0n) is 20.3. The van der Waals surface area contributed by atoms with Crippen LogP contribution in [-0.2, 0) is 27.5 Å². The van der Waals surface area contributed by atoms with Crippen LogP contribution in [0.2, 0.25) is 0 Å². The van der Waals surface area contributed by atoms with E-state index in [1.165, 1.54) is 16.8 Å². The number of carbonyl (C=O) groups excluding carboxylic acids is 2. The highest BCUT2D eigenvalue weighted by atomic mass is 19.4. The van der Waals surface area contributed by atoms with Crippen LogP contribution in [-0.4, -0.2) is 62.2 Å². The standard InChI is InChI=1S/C24H28F3N5O5/c1-31-21(19-12-32(23(34)37-19)14-5-2-3-6-14)20(29-30-31)17-9-10-18(22(28-17)24(25,26)27)36-16-8-4-7-15(11-16)35-13-33/h9-10,13-16,19H,2-8,11-12H2,1H3/t15-,16-,19?/m0/s1. The fourth-order valence-electron chi connectivity index (χ4n) is 5.51. The Morgan fingerprint density at radius 1 is 1.11 bits per heavy atom. The SMILES string of the molecule is Cn1nnc(-c2ccc(O[C@H]3CCC[C@H](OC=O)C3)c(C(F)(F)F)n2)c1C1CN(C2CCCC2)C(=O)O1. The second kappa shape index (κ2) is 10.2. The second-order valence-electron chi connectivity index (χ2n) is 9.71. The highest BCUT2D eigenvalue weighted by Gasteiger charge is 2.42. The van der Waals surface area contributed by atoms with Crippen molar-refractivity contribution >= 4 is 12.6 Å². The molecule has 0 bridgehead atoms. The van der Waals surface area contributed by atoms with Crippen molar-refractivity contribution in [1.82, 2.24) is 24.9 Å². The van der Waals surface area contributed by atoms with Gasteiger partial charge >= 0.3 is 12.3 Å². The van der Waals surface area contributed by atoms with Crippen molar-refractivity contribution in [2.75, 3.05) is 6.54 Å². The molecular weight excluding hydrogens is 495 g/mol. The summed E-state index contributed by atoms with van der Waals surface area (Å²) in [4.78, 5) is 28.8. The number of rotatable bonds is 7. The molecule has 3 fully saturated rings. The van der Waals surface area contributed by atoms with E-state index in [0.717, 1.165) is 25.7 Å². The normalized spacial score (nSPS) is 24.8. The molecule has 37 heavy (non-hydrogen) atoms. The fourth-order valence-corrected chi connectivity index (χ4v) is 5.51. The smallest absolute Gasteiger partial charge is 0.437 e. The number of aromatic nitrogens is 4. The minimum atomic E-state index is -4.79. The molecule has 3 atom stereocenters. The fraction of sp³-hybridized carbons (Fsp3) is 0.625. The Hall–Kier alpha value is -3.38. The molecule has 5 rings (SSSR count). The van der Waals surface area contributed by atoms with Gasteiger partial charge in [-0.2, -0.15) is 13.2 Å². The molecule has 0 spiro atoms. The molecule has 0 aromatic carbocycles. The van der Waals surface area contributed by atoms with Crippen molar-refractivity contribution in [3.63, 3.8) is 0 Å². The van der Waals surface area contributed by atoms with Crippen LogP contribution >= 0.6 is 0 Å². The monoisotopic (exact) mass is 523 g/mol. The molecule has 0 N–H and O–H groups in total. The third kappa shape index (κ3) is 5.21. The van der Waals surface area contributed by atoms with Crippen molar-refractivity contribution in [3.8, 4) is 17.1 Å². The third-order valence-electron chi connectivity index (χ3n) is 7.27. The number of nitrogens with zero attached hydrogens (tertiary/aromatic N) is 5. The van der Waals surface area contributed by atoms with Crippen LogP contribution in [0.5, 0.6) is 5.75 Å². The predicted molar refractivity (Wildman–Crippen MR) is 121 cm³/mol. The van der Waals surface area contributed by atoms with Crippen molar-refractivity contribution in [3.05, 3.63) is 23.5 Å². The van der Waals surface area contributed by atoms with Gasteiger partial charge in [-0.3, -0.25) is 4.79 Å². The van der Waals surface area contributed by atoms with Gasteiger partial charge in [0.2, 0.25) is 0 Å². The van der Waals surface area contributed by atoms with E-state index in [9.17, 15) is 22.8 Å². The highest BCUT2D eigenvalue weighted by Crippen LogP contribution is 2.40. The first kappa shape index (κ1) is 25.3. The molecule has 1 aliphatic heterocycles. The van der Waals surface area contributed by atoms with Gasteiger partial charge in [0.1, 0.15) is 23.6 Å². The van der Waals surface area contributed by atoms with Crippen molar-refractivity contribution in [2.24, 2.45) is 7.05 Å². The summed E-state index contributed by atoms with van der Waals surface area (Å²) in [5.74, 6) is -0.404. The van der Waals surface area contributed by atoms with Gasteiger partial charge in [-0.25, -0.2) is 14.5 Å². The predicted octanol–water partition coefficient (Wildman–Crippen LogP) is 4.19. The van der Waals surface area contributed by atoms with Gasteiger partial charge in [0.25, 0.3) is 6.47 Å². The van der Waals surface area contributed by atoms with E-state index in [4.69, 9.17) is 14.2 Å². The van der Waals surface area contributed by atoms with Crippen molar-refractivity contribution in [2.45, 2.75) is 81.9 Å². The topological polar surface area (TPSA) is 109 Å². The van der Waals surface area contributed by atoms with Gasteiger partial charge in [-0.1, -0.05) is 18.1 Å². The van der Waals surface area contributed by atoms with E-state index in [1.54, 1.807) is 11.9 Å². The molecule has 3 aliphatic rings. The lowest BCUT2D eigenvalue weighted by molar-refractivity contribution is -0.143. The van der Waals surface area contributed by atoms with Crippen LogP contribution in [0, 0.1) is 0 Å². The Morgan fingerprint density at radius 2 is 1.86 bits per heavy atom. The van der Waals surface area contributed by atoms with E-state index in [0.29, 0.717) is 37.8 Å². The van der Waals surface area contributed by atoms with Crippen molar-refractivity contribution < 1.29 is 37.0 Å². The van der Waals surface area contributed by atoms with Crippen LogP contribution in [0.1, 0.15) is 68.9 Å². The molecule has 2 aromatic heterocycles. The number of cyclic esters (lactones) is 1.